The number of carbonyl (C=O) groups excluding carboxylic acids is 4. The molecule has 41 heavy (non-hydrogen) atoms. The summed E-state index contributed by atoms with van der Waals surface area (Å²) in [7, 11) is 0. The summed E-state index contributed by atoms with van der Waals surface area (Å²) in [5.74, 6) is -1.29. The Morgan fingerprint density at radius 2 is 1.66 bits per heavy atom. The highest BCUT2D eigenvalue weighted by atomic mass is 16.6. The molecule has 1 aliphatic heterocycles. The number of esters is 1. The smallest absolute Gasteiger partial charge is 0.409 e. The first-order chi connectivity index (χ1) is 19.4. The minimum atomic E-state index is -1.06. The van der Waals surface area contributed by atoms with E-state index in [2.05, 4.69) is 15.3 Å². The first kappa shape index (κ1) is 31.5. The predicted molar refractivity (Wildman–Crippen MR) is 150 cm³/mol. The molecule has 1 aliphatic rings. The molecule has 2 aromatic rings. The molecule has 222 valence electrons. The molecule has 2 atom stereocenters. The number of amides is 3. The van der Waals surface area contributed by atoms with Crippen LogP contribution in [0.3, 0.4) is 0 Å². The number of hydrogen-bond acceptors (Lipinski definition) is 9. The molecule has 3 rings (SSSR count). The van der Waals surface area contributed by atoms with Gasteiger partial charge in [-0.1, -0.05) is 30.3 Å². The maximum absolute atomic E-state index is 13.6. The summed E-state index contributed by atoms with van der Waals surface area (Å²) in [5, 5.41) is 12.9. The monoisotopic (exact) mass is 569 g/mol. The van der Waals surface area contributed by atoms with Crippen molar-refractivity contribution in [1.29, 1.82) is 0 Å². The Labute approximate surface area is 240 Å². The highest BCUT2D eigenvalue weighted by Crippen LogP contribution is 2.20. The van der Waals surface area contributed by atoms with Crippen LogP contribution in [-0.2, 0) is 19.1 Å². The minimum absolute atomic E-state index is 0.00252. The molecular weight excluding hydrogens is 530 g/mol. The van der Waals surface area contributed by atoms with E-state index in [9.17, 15) is 24.3 Å². The Bertz CT molecular complexity index is 1220. The summed E-state index contributed by atoms with van der Waals surface area (Å²) in [6, 6.07) is 9.33. The van der Waals surface area contributed by atoms with Gasteiger partial charge in [0.1, 0.15) is 17.3 Å². The molecule has 12 heteroatoms. The van der Waals surface area contributed by atoms with Crippen molar-refractivity contribution in [2.24, 2.45) is 0 Å². The van der Waals surface area contributed by atoms with Gasteiger partial charge >= 0.3 is 12.1 Å². The summed E-state index contributed by atoms with van der Waals surface area (Å²) < 4.78 is 10.4. The van der Waals surface area contributed by atoms with E-state index in [1.807, 2.05) is 6.07 Å². The van der Waals surface area contributed by atoms with Crippen molar-refractivity contribution in [3.05, 3.63) is 47.8 Å². The lowest BCUT2D eigenvalue weighted by Gasteiger charge is -2.36. The Kier molecular flexibility index (Phi) is 10.8. The molecule has 2 N–H and O–H groups in total. The second-order valence-electron chi connectivity index (χ2n) is 10.7. The third-order valence-electron chi connectivity index (χ3n) is 6.22. The molecule has 0 bridgehead atoms. The highest BCUT2D eigenvalue weighted by molar-refractivity contribution is 5.96. The summed E-state index contributed by atoms with van der Waals surface area (Å²) in [6.07, 6.45) is -1.51. The van der Waals surface area contributed by atoms with Crippen molar-refractivity contribution >= 4 is 23.9 Å². The second kappa shape index (κ2) is 14.0. The van der Waals surface area contributed by atoms with Crippen LogP contribution in [0, 0.1) is 0 Å². The lowest BCUT2D eigenvalue weighted by molar-refractivity contribution is -0.155. The maximum atomic E-state index is 13.6. The molecule has 0 aliphatic carbocycles. The fraction of sp³-hybridized carbons (Fsp3) is 0.517. The summed E-state index contributed by atoms with van der Waals surface area (Å²) in [5.41, 5.74) is 0.170. The van der Waals surface area contributed by atoms with Crippen LogP contribution < -0.4 is 5.32 Å². The molecule has 2 unspecified atom stereocenters. The predicted octanol–water partition coefficient (Wildman–Crippen LogP) is 2.72. The van der Waals surface area contributed by atoms with Gasteiger partial charge in [0.2, 0.25) is 5.91 Å². The van der Waals surface area contributed by atoms with Crippen molar-refractivity contribution in [2.75, 3.05) is 32.8 Å². The number of carbonyl (C=O) groups is 4. The van der Waals surface area contributed by atoms with Gasteiger partial charge in [0.15, 0.2) is 5.82 Å². The van der Waals surface area contributed by atoms with Crippen LogP contribution in [-0.4, -0.2) is 93.2 Å². The summed E-state index contributed by atoms with van der Waals surface area (Å²) >= 11 is 0. The van der Waals surface area contributed by atoms with Gasteiger partial charge in [0.25, 0.3) is 5.91 Å². The van der Waals surface area contributed by atoms with E-state index in [4.69, 9.17) is 9.47 Å². The number of aromatic nitrogens is 2. The van der Waals surface area contributed by atoms with Gasteiger partial charge in [0.05, 0.1) is 18.4 Å². The summed E-state index contributed by atoms with van der Waals surface area (Å²) in [6.45, 7) is 9.79. The molecule has 1 aromatic heterocycles. The standard InChI is InChI=1S/C29H39N5O7/c1-6-40-28(39)34-16-14-33(15-17-34)27(38)21(12-13-24(36)41-29(3,4)5)32-26(37)23-18-22(19(2)35)30-25(31-23)20-10-8-7-9-11-20/h7-11,18-19,21,35H,6,12-17H2,1-5H3,(H,32,37). The number of nitrogens with one attached hydrogen (secondary N) is 1. The third-order valence-corrected chi connectivity index (χ3v) is 6.22. The van der Waals surface area contributed by atoms with Crippen LogP contribution in [0.1, 0.15) is 69.7 Å². The zero-order chi connectivity index (χ0) is 30.2. The molecule has 1 saturated heterocycles. The fourth-order valence-electron chi connectivity index (χ4n) is 4.20. The van der Waals surface area contributed by atoms with Gasteiger partial charge < -0.3 is 29.7 Å². The van der Waals surface area contributed by atoms with E-state index in [1.54, 1.807) is 56.9 Å². The van der Waals surface area contributed by atoms with E-state index in [-0.39, 0.29) is 62.8 Å². The van der Waals surface area contributed by atoms with Crippen LogP contribution in [0.15, 0.2) is 36.4 Å². The van der Waals surface area contributed by atoms with Crippen molar-refractivity contribution in [3.8, 4) is 11.4 Å². The van der Waals surface area contributed by atoms with Crippen molar-refractivity contribution in [1.82, 2.24) is 25.1 Å². The van der Waals surface area contributed by atoms with E-state index < -0.39 is 41.6 Å². The van der Waals surface area contributed by atoms with Gasteiger partial charge in [-0.3, -0.25) is 14.4 Å². The number of rotatable bonds is 9. The molecule has 0 spiro atoms. The first-order valence-corrected chi connectivity index (χ1v) is 13.7. The second-order valence-corrected chi connectivity index (χ2v) is 10.7. The van der Waals surface area contributed by atoms with E-state index in [0.29, 0.717) is 5.56 Å². The lowest BCUT2D eigenvalue weighted by atomic mass is 10.1. The zero-order valence-corrected chi connectivity index (χ0v) is 24.3. The molecule has 0 saturated carbocycles. The number of benzene rings is 1. The first-order valence-electron chi connectivity index (χ1n) is 13.7. The number of aliphatic hydroxyl groups excluding tert-OH is 1. The largest absolute Gasteiger partial charge is 0.460 e. The molecule has 2 heterocycles. The van der Waals surface area contributed by atoms with E-state index in [1.165, 1.54) is 17.9 Å². The Morgan fingerprint density at radius 3 is 2.24 bits per heavy atom. The number of ether oxygens (including phenoxy) is 2. The van der Waals surface area contributed by atoms with Crippen LogP contribution in [0.2, 0.25) is 0 Å². The van der Waals surface area contributed by atoms with Gasteiger partial charge in [-0.25, -0.2) is 14.8 Å². The molecular formula is C29H39N5O7. The van der Waals surface area contributed by atoms with Crippen LogP contribution >= 0.6 is 0 Å². The zero-order valence-electron chi connectivity index (χ0n) is 24.3. The lowest BCUT2D eigenvalue weighted by Crippen LogP contribution is -2.56. The Hall–Kier alpha value is -4.06. The van der Waals surface area contributed by atoms with Crippen molar-refractivity contribution < 1.29 is 33.8 Å². The SMILES string of the molecule is CCOC(=O)N1CCN(C(=O)C(CCC(=O)OC(C)(C)C)NC(=O)c2cc(C(C)O)nc(-c3ccccc3)n2)CC1. The van der Waals surface area contributed by atoms with E-state index >= 15 is 0 Å². The molecule has 12 nitrogen and oxygen atoms in total. The topological polar surface area (TPSA) is 151 Å². The van der Waals surface area contributed by atoms with Gasteiger partial charge in [-0.2, -0.15) is 0 Å². The summed E-state index contributed by atoms with van der Waals surface area (Å²) in [4.78, 5) is 63.4. The minimum Gasteiger partial charge on any atom is -0.460 e. The van der Waals surface area contributed by atoms with Crippen LogP contribution in [0.4, 0.5) is 4.79 Å². The van der Waals surface area contributed by atoms with Crippen molar-refractivity contribution in [3.63, 3.8) is 0 Å². The molecule has 1 aromatic carbocycles. The van der Waals surface area contributed by atoms with Gasteiger partial charge in [-0.05, 0) is 47.1 Å². The number of aliphatic hydroxyl groups is 1. The molecule has 0 radical (unpaired) electrons. The average molecular weight is 570 g/mol. The highest BCUT2D eigenvalue weighted by Gasteiger charge is 2.32. The normalized spacial score (nSPS) is 15.1. The van der Waals surface area contributed by atoms with Gasteiger partial charge in [0, 0.05) is 38.2 Å². The average Bonchev–Trinajstić information content (AvgIpc) is 2.94. The molecule has 3 amide bonds. The third kappa shape index (κ3) is 9.24. The maximum Gasteiger partial charge on any atom is 0.409 e. The quantitative estimate of drug-likeness (QED) is 0.434. The van der Waals surface area contributed by atoms with E-state index in [0.717, 1.165) is 0 Å². The number of nitrogens with zero attached hydrogens (tertiary/aromatic N) is 4. The van der Waals surface area contributed by atoms with Crippen LogP contribution in [0.25, 0.3) is 11.4 Å². The number of piperazine rings is 1. The fourth-order valence-corrected chi connectivity index (χ4v) is 4.20. The Balaban J connectivity index is 1.82. The molecule has 1 fully saturated rings. The Morgan fingerprint density at radius 1 is 1.02 bits per heavy atom. The van der Waals surface area contributed by atoms with Gasteiger partial charge in [-0.15, -0.1) is 0 Å². The van der Waals surface area contributed by atoms with Crippen LogP contribution in [0.5, 0.6) is 0 Å². The number of hydrogen-bond donors (Lipinski definition) is 2. The van der Waals surface area contributed by atoms with Crippen molar-refractivity contribution in [2.45, 2.75) is 65.2 Å².